The average Bonchev–Trinajstić information content (AvgIpc) is 3.49. The molecule has 2 aromatic rings. The summed E-state index contributed by atoms with van der Waals surface area (Å²) in [6.07, 6.45) is 11.4. The summed E-state index contributed by atoms with van der Waals surface area (Å²) in [7, 11) is 3.14. The van der Waals surface area contributed by atoms with Gasteiger partial charge in [-0.1, -0.05) is 13.0 Å². The molecule has 13 heteroatoms. The minimum atomic E-state index is -4.45. The number of nitrogens with zero attached hydrogens (tertiary/aromatic N) is 5. The Kier molecular flexibility index (Phi) is 14.1. The standard InChI is InChI=1S/C17H16F3N5O2.C13H22N2O.C2H2/c1-25(2)15(27)13-8-3-10(9-22-13)14(26)24-16(21)23-12-6-4-11(5-7-12)17(18,19)20;1-12(14-8-5-6-9-14)11-15-10-4-2-3-7-13(15)16;1-2/h3-9H,1-2H3,(H3,21,23,24,26);1-11H2;1-2H. The second-order valence-electron chi connectivity index (χ2n) is 10.5. The van der Waals surface area contributed by atoms with Gasteiger partial charge < -0.3 is 20.4 Å². The van der Waals surface area contributed by atoms with Crippen LogP contribution in [-0.2, 0) is 11.0 Å². The highest BCUT2D eigenvalue weighted by Crippen LogP contribution is 2.30. The smallest absolute Gasteiger partial charge is 0.374 e. The van der Waals surface area contributed by atoms with E-state index in [1.54, 1.807) is 14.1 Å². The molecule has 0 unspecified atom stereocenters. The maximum atomic E-state index is 12.5. The van der Waals surface area contributed by atoms with Gasteiger partial charge in [0.05, 0.1) is 23.4 Å². The lowest BCUT2D eigenvalue weighted by Crippen LogP contribution is -2.36. The highest BCUT2D eigenvalue weighted by Gasteiger charge is 2.30. The number of alkyl halides is 3. The molecular formula is C32H40F3N7O3. The van der Waals surface area contributed by atoms with Crippen LogP contribution in [0.25, 0.3) is 0 Å². The van der Waals surface area contributed by atoms with Gasteiger partial charge in [0.25, 0.3) is 11.8 Å². The van der Waals surface area contributed by atoms with Gasteiger partial charge in [0, 0.05) is 52.0 Å². The van der Waals surface area contributed by atoms with Crippen molar-refractivity contribution in [2.24, 2.45) is 10.7 Å². The van der Waals surface area contributed by atoms with Gasteiger partial charge in [-0.3, -0.25) is 24.7 Å². The van der Waals surface area contributed by atoms with Crippen LogP contribution in [0.2, 0.25) is 0 Å². The Bertz CT molecular complexity index is 1350. The van der Waals surface area contributed by atoms with Gasteiger partial charge in [0.15, 0.2) is 0 Å². The molecule has 242 valence electrons. The first kappa shape index (κ1) is 36.3. The normalized spacial score (nSPS) is 15.1. The molecule has 0 radical (unpaired) electrons. The highest BCUT2D eigenvalue weighted by molar-refractivity contribution is 6.06. The summed E-state index contributed by atoms with van der Waals surface area (Å²) in [5.74, 6) is -0.920. The molecular weight excluding hydrogens is 587 g/mol. The van der Waals surface area contributed by atoms with Crippen molar-refractivity contribution in [2.75, 3.05) is 40.3 Å². The summed E-state index contributed by atoms with van der Waals surface area (Å²) >= 11 is 0. The van der Waals surface area contributed by atoms with E-state index in [2.05, 4.69) is 39.6 Å². The lowest BCUT2D eigenvalue weighted by molar-refractivity contribution is -0.137. The number of pyridine rings is 1. The number of carbonyl (C=O) groups is 3. The molecule has 3 heterocycles. The van der Waals surface area contributed by atoms with E-state index >= 15 is 0 Å². The van der Waals surface area contributed by atoms with Gasteiger partial charge in [-0.2, -0.15) is 13.2 Å². The number of hydrogen-bond donors (Lipinski definition) is 2. The number of amides is 3. The fourth-order valence-electron chi connectivity index (χ4n) is 4.52. The number of carbonyl (C=O) groups excluding carboxylic acids is 3. The van der Waals surface area contributed by atoms with E-state index in [0.29, 0.717) is 5.91 Å². The Morgan fingerprint density at radius 1 is 1.02 bits per heavy atom. The van der Waals surface area contributed by atoms with Crippen LogP contribution in [0.15, 0.2) is 59.9 Å². The molecule has 0 spiro atoms. The molecule has 3 N–H and O–H groups in total. The fraction of sp³-hybridized carbons (Fsp3) is 0.406. The number of halogens is 3. The first-order chi connectivity index (χ1) is 21.3. The number of benzene rings is 1. The Morgan fingerprint density at radius 3 is 2.20 bits per heavy atom. The van der Waals surface area contributed by atoms with Crippen LogP contribution in [0.3, 0.4) is 0 Å². The van der Waals surface area contributed by atoms with Crippen molar-refractivity contribution in [1.29, 1.82) is 0 Å². The molecule has 1 aromatic heterocycles. The van der Waals surface area contributed by atoms with E-state index in [1.807, 2.05) is 4.90 Å². The van der Waals surface area contributed by atoms with Crippen molar-refractivity contribution in [3.63, 3.8) is 0 Å². The molecule has 0 atom stereocenters. The quantitative estimate of drug-likeness (QED) is 0.278. The molecule has 0 saturated carbocycles. The van der Waals surface area contributed by atoms with Crippen molar-refractivity contribution in [2.45, 2.75) is 44.7 Å². The van der Waals surface area contributed by atoms with Crippen molar-refractivity contribution < 1.29 is 27.6 Å². The fourth-order valence-corrected chi connectivity index (χ4v) is 4.52. The first-order valence-electron chi connectivity index (χ1n) is 14.4. The van der Waals surface area contributed by atoms with E-state index in [0.717, 1.165) is 75.4 Å². The van der Waals surface area contributed by atoms with Gasteiger partial charge in [-0.15, -0.1) is 12.8 Å². The summed E-state index contributed by atoms with van der Waals surface area (Å²) in [5, 5.41) is 2.29. The Balaban J connectivity index is 0.000000332. The molecule has 0 bridgehead atoms. The molecule has 2 aliphatic rings. The summed E-state index contributed by atoms with van der Waals surface area (Å²) in [6.45, 7) is 8.05. The van der Waals surface area contributed by atoms with Gasteiger partial charge in [-0.05, 0) is 62.1 Å². The second kappa shape index (κ2) is 17.4. The largest absolute Gasteiger partial charge is 0.416 e. The zero-order valence-electron chi connectivity index (χ0n) is 25.6. The van der Waals surface area contributed by atoms with E-state index in [-0.39, 0.29) is 28.8 Å². The molecule has 0 aliphatic carbocycles. The van der Waals surface area contributed by atoms with Gasteiger partial charge in [-0.25, -0.2) is 4.99 Å². The Hall–Kier alpha value is -4.86. The number of likely N-dealkylation sites (tertiary alicyclic amines) is 2. The van der Waals surface area contributed by atoms with Crippen molar-refractivity contribution in [3.05, 3.63) is 71.7 Å². The molecule has 1 aromatic carbocycles. The zero-order chi connectivity index (χ0) is 33.6. The van der Waals surface area contributed by atoms with Crippen LogP contribution in [0, 0.1) is 12.8 Å². The predicted octanol–water partition coefficient (Wildman–Crippen LogP) is 4.43. The summed E-state index contributed by atoms with van der Waals surface area (Å²) in [6, 6.07) is 6.76. The Morgan fingerprint density at radius 2 is 1.64 bits per heavy atom. The molecule has 45 heavy (non-hydrogen) atoms. The van der Waals surface area contributed by atoms with E-state index in [1.165, 1.54) is 42.5 Å². The number of hydrogen-bond acceptors (Lipinski definition) is 6. The molecule has 2 fully saturated rings. The number of terminal acetylenes is 1. The Labute approximate surface area is 262 Å². The molecule has 4 rings (SSSR count). The lowest BCUT2D eigenvalue weighted by atomic mass is 10.2. The van der Waals surface area contributed by atoms with Gasteiger partial charge in [0.1, 0.15) is 5.69 Å². The van der Waals surface area contributed by atoms with Crippen molar-refractivity contribution in [3.8, 4) is 12.8 Å². The third-order valence-electron chi connectivity index (χ3n) is 6.93. The van der Waals surface area contributed by atoms with Crippen molar-refractivity contribution in [1.82, 2.24) is 25.0 Å². The molecule has 2 aliphatic heterocycles. The third-order valence-corrected chi connectivity index (χ3v) is 6.93. The minimum Gasteiger partial charge on any atom is -0.374 e. The van der Waals surface area contributed by atoms with E-state index in [9.17, 15) is 27.6 Å². The van der Waals surface area contributed by atoms with Crippen LogP contribution >= 0.6 is 0 Å². The van der Waals surface area contributed by atoms with E-state index in [4.69, 9.17) is 5.73 Å². The maximum Gasteiger partial charge on any atom is 0.416 e. The summed E-state index contributed by atoms with van der Waals surface area (Å²) in [5.41, 5.74) is 6.36. The number of nitrogens with two attached hydrogens (primary N) is 1. The zero-order valence-corrected chi connectivity index (χ0v) is 25.6. The van der Waals surface area contributed by atoms with Crippen LogP contribution in [0.4, 0.5) is 18.9 Å². The van der Waals surface area contributed by atoms with Crippen LogP contribution < -0.4 is 11.1 Å². The maximum absolute atomic E-state index is 12.5. The summed E-state index contributed by atoms with van der Waals surface area (Å²) < 4.78 is 37.6. The number of aromatic nitrogens is 1. The van der Waals surface area contributed by atoms with Crippen LogP contribution in [-0.4, -0.2) is 83.6 Å². The minimum absolute atomic E-state index is 0.135. The molecule has 10 nitrogen and oxygen atoms in total. The van der Waals surface area contributed by atoms with Gasteiger partial charge >= 0.3 is 6.18 Å². The van der Waals surface area contributed by atoms with Crippen LogP contribution in [0.1, 0.15) is 64.9 Å². The second-order valence-corrected chi connectivity index (χ2v) is 10.5. The monoisotopic (exact) mass is 627 g/mol. The third kappa shape index (κ3) is 11.6. The molecule has 3 amide bonds. The number of rotatable bonds is 6. The van der Waals surface area contributed by atoms with Crippen molar-refractivity contribution >= 4 is 29.4 Å². The lowest BCUT2D eigenvalue weighted by Gasteiger charge is -2.27. The first-order valence-corrected chi connectivity index (χ1v) is 14.4. The number of aliphatic imine (C=N–C) groups is 1. The summed E-state index contributed by atoms with van der Waals surface area (Å²) in [4.78, 5) is 49.1. The topological polar surface area (TPSA) is 124 Å². The number of guanidine groups is 1. The van der Waals surface area contributed by atoms with E-state index < -0.39 is 17.6 Å². The highest BCUT2D eigenvalue weighted by atomic mass is 19.4. The average molecular weight is 628 g/mol. The molecule has 2 saturated heterocycles. The number of nitrogens with one attached hydrogen (secondary N) is 1. The SMILES string of the molecule is C#C.C=C(CN1CCCCCC1=O)N1CCCC1.CN(C)C(=O)c1ccc(C(=O)NC(N)=Nc2ccc(C(F)(F)F)cc2)cn1. The predicted molar refractivity (Wildman–Crippen MR) is 167 cm³/mol. The van der Waals surface area contributed by atoms with Crippen LogP contribution in [0.5, 0.6) is 0 Å². The van der Waals surface area contributed by atoms with Gasteiger partial charge in [0.2, 0.25) is 11.9 Å².